The van der Waals surface area contributed by atoms with Crippen LogP contribution in [0.2, 0.25) is 0 Å². The van der Waals surface area contributed by atoms with Gasteiger partial charge in [0.1, 0.15) is 5.75 Å². The maximum atomic E-state index is 12.7. The largest absolute Gasteiger partial charge is 0.507 e. The lowest BCUT2D eigenvalue weighted by molar-refractivity contribution is -0.137. The van der Waals surface area contributed by atoms with E-state index in [9.17, 15) is 23.1 Å². The van der Waals surface area contributed by atoms with Crippen molar-refractivity contribution >= 4 is 0 Å². The second-order valence-corrected chi connectivity index (χ2v) is 6.25. The van der Waals surface area contributed by atoms with Gasteiger partial charge >= 0.3 is 6.18 Å². The van der Waals surface area contributed by atoms with E-state index in [1.807, 2.05) is 7.05 Å². The molecule has 1 fully saturated rings. The molecule has 0 unspecified atom stereocenters. The molecule has 2 heterocycles. The molecule has 1 saturated heterocycles. The minimum Gasteiger partial charge on any atom is -0.507 e. The molecule has 1 atom stereocenters. The first-order valence-electron chi connectivity index (χ1n) is 8.01. The fraction of sp³-hybridized carbons (Fsp3) is 0.412. The zero-order valence-corrected chi connectivity index (χ0v) is 14.0. The molecule has 1 N–H and O–H groups in total. The highest BCUT2D eigenvalue weighted by molar-refractivity contribution is 5.69. The molecule has 0 amide bonds. The van der Waals surface area contributed by atoms with Gasteiger partial charge in [0.2, 0.25) is 0 Å². The normalized spacial score (nSPS) is 18.8. The molecule has 0 bridgehead atoms. The van der Waals surface area contributed by atoms with Crippen molar-refractivity contribution < 1.29 is 23.0 Å². The van der Waals surface area contributed by atoms with Gasteiger partial charge in [-0.15, -0.1) is 0 Å². The standard InChI is InChI=1S/C17H18F3N3O3/c1-22-4-5-26-12(8-22)9-23-10-21-7-14(16(23)25)13-3-2-11(6-15(13)24)17(18,19)20/h2-3,6-7,10,12,24H,4-5,8-9H2,1H3/t12-/m1/s1. The predicted octanol–water partition coefficient (Wildman–Crippen LogP) is 1.97. The molecule has 1 aliphatic rings. The molecule has 1 aromatic heterocycles. The summed E-state index contributed by atoms with van der Waals surface area (Å²) >= 11 is 0. The van der Waals surface area contributed by atoms with Crippen LogP contribution in [0.25, 0.3) is 11.1 Å². The van der Waals surface area contributed by atoms with E-state index in [2.05, 4.69) is 9.88 Å². The lowest BCUT2D eigenvalue weighted by atomic mass is 10.0. The number of ether oxygens (including phenoxy) is 1. The van der Waals surface area contributed by atoms with Crippen molar-refractivity contribution in [1.29, 1.82) is 0 Å². The van der Waals surface area contributed by atoms with E-state index in [-0.39, 0.29) is 23.8 Å². The highest BCUT2D eigenvalue weighted by Gasteiger charge is 2.31. The Hall–Kier alpha value is -2.39. The van der Waals surface area contributed by atoms with Crippen molar-refractivity contribution in [1.82, 2.24) is 14.5 Å². The molecule has 0 aliphatic carbocycles. The van der Waals surface area contributed by atoms with Crippen molar-refractivity contribution in [2.24, 2.45) is 0 Å². The van der Waals surface area contributed by atoms with Gasteiger partial charge in [-0.3, -0.25) is 9.36 Å². The van der Waals surface area contributed by atoms with Gasteiger partial charge in [0, 0.05) is 24.8 Å². The number of hydrogen-bond donors (Lipinski definition) is 1. The molecular weight excluding hydrogens is 351 g/mol. The summed E-state index contributed by atoms with van der Waals surface area (Å²) in [5.74, 6) is -0.620. The van der Waals surface area contributed by atoms with Crippen molar-refractivity contribution in [3.05, 3.63) is 46.6 Å². The van der Waals surface area contributed by atoms with Crippen LogP contribution in [-0.4, -0.2) is 52.4 Å². The Morgan fingerprint density at radius 3 is 2.77 bits per heavy atom. The van der Waals surface area contributed by atoms with Crippen molar-refractivity contribution in [2.45, 2.75) is 18.8 Å². The van der Waals surface area contributed by atoms with Crippen LogP contribution in [0.15, 0.2) is 35.5 Å². The molecule has 3 rings (SSSR count). The smallest absolute Gasteiger partial charge is 0.416 e. The van der Waals surface area contributed by atoms with E-state index in [1.165, 1.54) is 17.1 Å². The molecule has 6 nitrogen and oxygen atoms in total. The van der Waals surface area contributed by atoms with E-state index in [0.29, 0.717) is 19.2 Å². The van der Waals surface area contributed by atoms with Crippen molar-refractivity contribution in [3.8, 4) is 16.9 Å². The van der Waals surface area contributed by atoms with Crippen LogP contribution in [0.1, 0.15) is 5.56 Å². The number of aromatic hydroxyl groups is 1. The summed E-state index contributed by atoms with van der Waals surface area (Å²) in [5.41, 5.74) is -1.40. The monoisotopic (exact) mass is 369 g/mol. The van der Waals surface area contributed by atoms with Crippen molar-refractivity contribution in [2.75, 3.05) is 26.7 Å². The highest BCUT2D eigenvalue weighted by Crippen LogP contribution is 2.35. The highest BCUT2D eigenvalue weighted by atomic mass is 19.4. The topological polar surface area (TPSA) is 67.6 Å². The maximum absolute atomic E-state index is 12.7. The molecule has 0 saturated carbocycles. The molecule has 9 heteroatoms. The Morgan fingerprint density at radius 1 is 1.35 bits per heavy atom. The van der Waals surface area contributed by atoms with Crippen LogP contribution in [0.4, 0.5) is 13.2 Å². The fourth-order valence-corrected chi connectivity index (χ4v) is 2.90. The predicted molar refractivity (Wildman–Crippen MR) is 87.8 cm³/mol. The van der Waals surface area contributed by atoms with Gasteiger partial charge in [-0.05, 0) is 25.2 Å². The number of likely N-dealkylation sites (N-methyl/N-ethyl adjacent to an activating group) is 1. The Kier molecular flexibility index (Phi) is 5.01. The third-order valence-corrected chi connectivity index (χ3v) is 4.26. The maximum Gasteiger partial charge on any atom is 0.416 e. The SMILES string of the molecule is CN1CCO[C@@H](Cn2cncc(-c3ccc(C(F)(F)F)cc3O)c2=O)C1. The summed E-state index contributed by atoms with van der Waals surface area (Å²) in [6.45, 7) is 2.29. The first-order chi connectivity index (χ1) is 12.3. The van der Waals surface area contributed by atoms with Crippen LogP contribution >= 0.6 is 0 Å². The van der Waals surface area contributed by atoms with Crippen LogP contribution in [-0.2, 0) is 17.5 Å². The zero-order valence-electron chi connectivity index (χ0n) is 14.0. The Bertz CT molecular complexity index is 851. The Morgan fingerprint density at radius 2 is 2.12 bits per heavy atom. The summed E-state index contributed by atoms with van der Waals surface area (Å²) in [7, 11) is 1.95. The van der Waals surface area contributed by atoms with Gasteiger partial charge in [-0.1, -0.05) is 0 Å². The number of phenolic OH excluding ortho intramolecular Hbond substituents is 1. The summed E-state index contributed by atoms with van der Waals surface area (Å²) < 4.78 is 45.2. The third-order valence-electron chi connectivity index (χ3n) is 4.26. The van der Waals surface area contributed by atoms with Crippen LogP contribution in [0.3, 0.4) is 0 Å². The minimum atomic E-state index is -4.57. The van der Waals surface area contributed by atoms with Gasteiger partial charge in [0.05, 0.1) is 36.7 Å². The molecule has 1 aliphatic heterocycles. The van der Waals surface area contributed by atoms with Gasteiger partial charge in [0.25, 0.3) is 5.56 Å². The van der Waals surface area contributed by atoms with Gasteiger partial charge < -0.3 is 14.7 Å². The summed E-state index contributed by atoms with van der Waals surface area (Å²) in [5, 5.41) is 9.97. The van der Waals surface area contributed by atoms with Crippen LogP contribution < -0.4 is 5.56 Å². The number of nitrogens with zero attached hydrogens (tertiary/aromatic N) is 3. The van der Waals surface area contributed by atoms with Crippen LogP contribution in [0, 0.1) is 0 Å². The van der Waals surface area contributed by atoms with E-state index >= 15 is 0 Å². The second-order valence-electron chi connectivity index (χ2n) is 6.25. The number of phenols is 1. The van der Waals surface area contributed by atoms with E-state index in [0.717, 1.165) is 18.7 Å². The summed E-state index contributed by atoms with van der Waals surface area (Å²) in [6, 6.07) is 2.50. The molecule has 1 aromatic carbocycles. The molecule has 0 spiro atoms. The zero-order chi connectivity index (χ0) is 18.9. The number of rotatable bonds is 3. The first-order valence-corrected chi connectivity index (χ1v) is 8.01. The first kappa shape index (κ1) is 18.4. The van der Waals surface area contributed by atoms with Gasteiger partial charge in [-0.25, -0.2) is 4.98 Å². The molecule has 0 radical (unpaired) electrons. The number of benzene rings is 1. The number of halogens is 3. The average molecular weight is 369 g/mol. The van der Waals surface area contributed by atoms with Gasteiger partial charge in [0.15, 0.2) is 0 Å². The third kappa shape index (κ3) is 3.88. The second kappa shape index (κ2) is 7.08. The Labute approximate surface area is 147 Å². The lowest BCUT2D eigenvalue weighted by Gasteiger charge is -2.30. The lowest BCUT2D eigenvalue weighted by Crippen LogP contribution is -2.43. The van der Waals surface area contributed by atoms with Crippen LogP contribution in [0.5, 0.6) is 5.75 Å². The van der Waals surface area contributed by atoms with E-state index in [4.69, 9.17) is 4.74 Å². The Balaban J connectivity index is 1.91. The molecule has 2 aromatic rings. The number of morpholine rings is 1. The van der Waals surface area contributed by atoms with E-state index in [1.54, 1.807) is 0 Å². The molecule has 26 heavy (non-hydrogen) atoms. The van der Waals surface area contributed by atoms with Gasteiger partial charge in [-0.2, -0.15) is 13.2 Å². The average Bonchev–Trinajstić information content (AvgIpc) is 2.56. The fourth-order valence-electron chi connectivity index (χ4n) is 2.90. The van der Waals surface area contributed by atoms with Crippen molar-refractivity contribution in [3.63, 3.8) is 0 Å². The summed E-state index contributed by atoms with van der Waals surface area (Å²) in [6.07, 6.45) is -2.18. The molecular formula is C17H18F3N3O3. The number of hydrogen-bond acceptors (Lipinski definition) is 5. The number of aromatic nitrogens is 2. The number of alkyl halides is 3. The summed E-state index contributed by atoms with van der Waals surface area (Å²) in [4.78, 5) is 18.7. The quantitative estimate of drug-likeness (QED) is 0.896. The molecule has 140 valence electrons. The van der Waals surface area contributed by atoms with E-state index < -0.39 is 23.0 Å². The minimum absolute atomic E-state index is 0.00605.